The highest BCUT2D eigenvalue weighted by atomic mass is 32.2. The van der Waals surface area contributed by atoms with E-state index in [9.17, 15) is 37.4 Å². The highest BCUT2D eigenvalue weighted by Crippen LogP contribution is 2.46. The Morgan fingerprint density at radius 2 is 1.52 bits per heavy atom. The Morgan fingerprint density at radius 1 is 0.920 bits per heavy atom. The standard InChI is InChI=1S/C37H45FN2O9S/c1-25(43)48-34(29-12-14-31(38)15-13-29)19-18-33-35(30-10-6-28(7-11-30)20-21-37(23-41,24-42)49-26(2)44)40(36(33)45)32-16-8-27(9-17-32)5-4-22-39-50(3,46)47/h6-17,33-35,39,41-42H,4-5,18-24H2,1-3H3/t33?,34-,35+/m0/s1. The van der Waals surface area contributed by atoms with Crippen molar-refractivity contribution in [2.75, 3.05) is 30.9 Å². The van der Waals surface area contributed by atoms with Crippen molar-refractivity contribution in [3.8, 4) is 0 Å². The van der Waals surface area contributed by atoms with Crippen LogP contribution in [0.1, 0.15) is 73.9 Å². The number of aliphatic hydroxyl groups excluding tert-OH is 2. The molecule has 50 heavy (non-hydrogen) atoms. The van der Waals surface area contributed by atoms with Gasteiger partial charge >= 0.3 is 11.9 Å². The third-order valence-electron chi connectivity index (χ3n) is 8.85. The SMILES string of the molecule is CC(=O)O[C@@H](CCC1C(=O)N(c2ccc(CCCNS(C)(=O)=O)cc2)[C@@H]1c1ccc(CCC(CO)(CO)OC(C)=O)cc1)c1ccc(F)cc1. The van der Waals surface area contributed by atoms with Crippen molar-refractivity contribution in [1.82, 2.24) is 4.72 Å². The lowest BCUT2D eigenvalue weighted by molar-refractivity contribution is -0.168. The molecule has 0 aromatic heterocycles. The molecular weight excluding hydrogens is 667 g/mol. The van der Waals surface area contributed by atoms with Gasteiger partial charge < -0.3 is 24.6 Å². The summed E-state index contributed by atoms with van der Waals surface area (Å²) in [4.78, 5) is 39.0. The molecule has 1 aliphatic heterocycles. The largest absolute Gasteiger partial charge is 0.458 e. The summed E-state index contributed by atoms with van der Waals surface area (Å²) in [5, 5.41) is 19.7. The van der Waals surface area contributed by atoms with Gasteiger partial charge in [-0.2, -0.15) is 0 Å². The maximum atomic E-state index is 13.8. The van der Waals surface area contributed by atoms with E-state index in [-0.39, 0.29) is 18.4 Å². The molecule has 3 aromatic carbocycles. The Balaban J connectivity index is 1.55. The topological polar surface area (TPSA) is 160 Å². The van der Waals surface area contributed by atoms with E-state index in [1.165, 1.54) is 26.0 Å². The van der Waals surface area contributed by atoms with Crippen LogP contribution in [0.2, 0.25) is 0 Å². The molecule has 11 nitrogen and oxygen atoms in total. The van der Waals surface area contributed by atoms with Crippen molar-refractivity contribution < 1.29 is 46.9 Å². The molecule has 3 N–H and O–H groups in total. The molecule has 4 rings (SSSR count). The quantitative estimate of drug-likeness (QED) is 0.0993. The molecule has 1 saturated heterocycles. The Morgan fingerprint density at radius 3 is 2.08 bits per heavy atom. The van der Waals surface area contributed by atoms with Gasteiger partial charge in [-0.15, -0.1) is 0 Å². The zero-order chi connectivity index (χ0) is 36.5. The predicted octanol–water partition coefficient (Wildman–Crippen LogP) is 4.32. The fourth-order valence-electron chi connectivity index (χ4n) is 6.26. The average Bonchev–Trinajstić information content (AvgIpc) is 3.07. The summed E-state index contributed by atoms with van der Waals surface area (Å²) in [6, 6.07) is 20.6. The highest BCUT2D eigenvalue weighted by molar-refractivity contribution is 7.88. The van der Waals surface area contributed by atoms with E-state index in [1.807, 2.05) is 48.5 Å². The number of β-lactam (4-membered cyclic amide) rings is 1. The molecule has 1 fully saturated rings. The molecular formula is C37H45FN2O9S. The van der Waals surface area contributed by atoms with Crippen LogP contribution in [0.5, 0.6) is 0 Å². The molecule has 13 heteroatoms. The number of halogens is 1. The summed E-state index contributed by atoms with van der Waals surface area (Å²) in [5.74, 6) is -2.04. The molecule has 3 aromatic rings. The summed E-state index contributed by atoms with van der Waals surface area (Å²) in [5.41, 5.74) is 2.67. The van der Waals surface area contributed by atoms with Crippen LogP contribution < -0.4 is 9.62 Å². The molecule has 3 atom stereocenters. The van der Waals surface area contributed by atoms with E-state index < -0.39 is 58.6 Å². The molecule has 0 radical (unpaired) electrons. The van der Waals surface area contributed by atoms with Crippen LogP contribution in [-0.4, -0.2) is 68.1 Å². The van der Waals surface area contributed by atoms with Crippen molar-refractivity contribution in [2.24, 2.45) is 5.92 Å². The van der Waals surface area contributed by atoms with Crippen LogP contribution in [0.15, 0.2) is 72.8 Å². The number of sulfonamides is 1. The monoisotopic (exact) mass is 712 g/mol. The van der Waals surface area contributed by atoms with Crippen LogP contribution in [0.25, 0.3) is 0 Å². The summed E-state index contributed by atoms with van der Waals surface area (Å²) in [6.07, 6.45) is 3.06. The lowest BCUT2D eigenvalue weighted by Gasteiger charge is -2.48. The molecule has 0 aliphatic carbocycles. The minimum Gasteiger partial charge on any atom is -0.458 e. The Kier molecular flexibility index (Phi) is 13.3. The minimum absolute atomic E-state index is 0.0954. The maximum absolute atomic E-state index is 13.8. The van der Waals surface area contributed by atoms with Crippen LogP contribution >= 0.6 is 0 Å². The number of esters is 2. The first-order valence-electron chi connectivity index (χ1n) is 16.5. The number of carbonyl (C=O) groups excluding carboxylic acids is 3. The first-order chi connectivity index (χ1) is 23.7. The number of ether oxygens (including phenoxy) is 2. The second kappa shape index (κ2) is 17.2. The first-order valence-corrected chi connectivity index (χ1v) is 18.4. The van der Waals surface area contributed by atoms with E-state index in [4.69, 9.17) is 9.47 Å². The Hall–Kier alpha value is -4.17. The molecule has 1 aliphatic rings. The molecule has 0 saturated carbocycles. The van der Waals surface area contributed by atoms with Gasteiger partial charge in [-0.1, -0.05) is 48.5 Å². The fraction of sp³-hybridized carbons (Fsp3) is 0.432. The predicted molar refractivity (Wildman–Crippen MR) is 185 cm³/mol. The number of hydrogen-bond acceptors (Lipinski definition) is 9. The zero-order valence-corrected chi connectivity index (χ0v) is 29.3. The van der Waals surface area contributed by atoms with Crippen molar-refractivity contribution in [3.05, 3.63) is 101 Å². The van der Waals surface area contributed by atoms with Crippen molar-refractivity contribution in [3.63, 3.8) is 0 Å². The molecule has 0 spiro atoms. The van der Waals surface area contributed by atoms with Gasteiger partial charge in [0.15, 0.2) is 5.60 Å². The summed E-state index contributed by atoms with van der Waals surface area (Å²) in [6.45, 7) is 1.80. The number of anilines is 1. The van der Waals surface area contributed by atoms with Gasteiger partial charge in [-0.05, 0) is 85.0 Å². The minimum atomic E-state index is -3.26. The maximum Gasteiger partial charge on any atom is 0.303 e. The number of benzene rings is 3. The van der Waals surface area contributed by atoms with Crippen LogP contribution in [0, 0.1) is 11.7 Å². The van der Waals surface area contributed by atoms with Crippen molar-refractivity contribution in [2.45, 2.75) is 70.1 Å². The molecule has 270 valence electrons. The zero-order valence-electron chi connectivity index (χ0n) is 28.5. The van der Waals surface area contributed by atoms with Crippen LogP contribution in [0.4, 0.5) is 10.1 Å². The number of amides is 1. The third-order valence-corrected chi connectivity index (χ3v) is 9.58. The van der Waals surface area contributed by atoms with Gasteiger partial charge in [-0.25, -0.2) is 17.5 Å². The van der Waals surface area contributed by atoms with Gasteiger partial charge in [0.1, 0.15) is 11.9 Å². The van der Waals surface area contributed by atoms with Crippen LogP contribution in [0.3, 0.4) is 0 Å². The number of nitrogens with zero attached hydrogens (tertiary/aromatic N) is 1. The second-order valence-corrected chi connectivity index (χ2v) is 14.6. The van der Waals surface area contributed by atoms with Gasteiger partial charge in [0.25, 0.3) is 0 Å². The number of nitrogens with one attached hydrogen (secondary N) is 1. The van der Waals surface area contributed by atoms with Gasteiger partial charge in [0.05, 0.1) is 31.4 Å². The fourth-order valence-corrected chi connectivity index (χ4v) is 6.77. The van der Waals surface area contributed by atoms with E-state index >= 15 is 0 Å². The van der Waals surface area contributed by atoms with Gasteiger partial charge in [0.2, 0.25) is 15.9 Å². The van der Waals surface area contributed by atoms with Crippen molar-refractivity contribution in [1.29, 1.82) is 0 Å². The number of hydrogen-bond donors (Lipinski definition) is 3. The summed E-state index contributed by atoms with van der Waals surface area (Å²) < 4.78 is 49.6. The molecule has 1 heterocycles. The number of aliphatic hydroxyl groups is 2. The van der Waals surface area contributed by atoms with Crippen molar-refractivity contribution >= 4 is 33.6 Å². The highest BCUT2D eigenvalue weighted by Gasteiger charge is 2.48. The average molecular weight is 713 g/mol. The van der Waals surface area contributed by atoms with E-state index in [1.54, 1.807) is 17.0 Å². The van der Waals surface area contributed by atoms with Gasteiger partial charge in [0, 0.05) is 26.1 Å². The molecule has 0 bridgehead atoms. The Bertz CT molecular complexity index is 1710. The summed E-state index contributed by atoms with van der Waals surface area (Å²) >= 11 is 0. The lowest BCUT2D eigenvalue weighted by atomic mass is 9.78. The second-order valence-electron chi connectivity index (χ2n) is 12.8. The normalized spacial score (nSPS) is 16.8. The third kappa shape index (κ3) is 10.4. The first kappa shape index (κ1) is 38.6. The number of carbonyl (C=O) groups is 3. The number of rotatable bonds is 18. The van der Waals surface area contributed by atoms with E-state index in [0.29, 0.717) is 49.9 Å². The molecule has 1 unspecified atom stereocenters. The molecule has 1 amide bonds. The van der Waals surface area contributed by atoms with E-state index in [0.717, 1.165) is 22.9 Å². The van der Waals surface area contributed by atoms with Crippen LogP contribution in [-0.2, 0) is 46.7 Å². The smallest absolute Gasteiger partial charge is 0.303 e. The summed E-state index contributed by atoms with van der Waals surface area (Å²) in [7, 11) is -3.26. The lowest BCUT2D eigenvalue weighted by Crippen LogP contribution is -2.55. The number of aryl methyl sites for hydroxylation is 2. The van der Waals surface area contributed by atoms with E-state index in [2.05, 4.69) is 4.72 Å². The Labute approximate surface area is 292 Å². The van der Waals surface area contributed by atoms with Gasteiger partial charge in [-0.3, -0.25) is 14.4 Å².